The van der Waals surface area contributed by atoms with Crippen LogP contribution in [0.2, 0.25) is 5.02 Å². The number of carbonyl (C=O) groups excluding carboxylic acids is 2. The van der Waals surface area contributed by atoms with Crippen LogP contribution in [-0.4, -0.2) is 56.2 Å². The summed E-state index contributed by atoms with van der Waals surface area (Å²) in [5, 5.41) is 11.3. The van der Waals surface area contributed by atoms with Gasteiger partial charge in [-0.3, -0.25) is 9.59 Å². The van der Waals surface area contributed by atoms with Crippen LogP contribution in [0.25, 0.3) is 5.76 Å². The number of carbonyl (C=O) groups is 2. The highest BCUT2D eigenvalue weighted by Gasteiger charge is 2.45. The smallest absolute Gasteiger partial charge is 0.295 e. The van der Waals surface area contributed by atoms with Gasteiger partial charge in [0.1, 0.15) is 17.3 Å². The number of likely N-dealkylation sites (tertiary alicyclic amines) is 1. The monoisotopic (exact) mass is 431 g/mol. The van der Waals surface area contributed by atoms with Crippen LogP contribution in [0.15, 0.2) is 48.0 Å². The standard InChI is InChI=1S/C22H22ClNO6/c1-28-11-10-24-19(13-4-7-15(29-2)8-5-13)18(21(26)22(24)27)20(25)14-6-9-17(30-3)16(23)12-14/h4-9,12,19,25H,10-11H2,1-3H3/b20-18-. The molecule has 0 spiro atoms. The molecule has 0 radical (unpaired) electrons. The first-order valence-corrected chi connectivity index (χ1v) is 9.56. The van der Waals surface area contributed by atoms with Crippen molar-refractivity contribution in [1.82, 2.24) is 4.90 Å². The molecule has 2 aromatic carbocycles. The number of hydrogen-bond donors (Lipinski definition) is 1. The molecule has 1 aliphatic heterocycles. The molecule has 30 heavy (non-hydrogen) atoms. The lowest BCUT2D eigenvalue weighted by atomic mass is 9.95. The quantitative estimate of drug-likeness (QED) is 0.410. The molecule has 1 aliphatic rings. The molecular formula is C22H22ClNO6. The third kappa shape index (κ3) is 3.99. The average molecular weight is 432 g/mol. The number of halogens is 1. The number of aliphatic hydroxyl groups excluding tert-OH is 1. The number of benzene rings is 2. The molecule has 1 unspecified atom stereocenters. The van der Waals surface area contributed by atoms with Gasteiger partial charge in [0.25, 0.3) is 11.7 Å². The molecule has 0 saturated carbocycles. The molecule has 2 aromatic rings. The fourth-order valence-corrected chi connectivity index (χ4v) is 3.66. The predicted molar refractivity (Wildman–Crippen MR) is 112 cm³/mol. The number of rotatable bonds is 7. The van der Waals surface area contributed by atoms with E-state index in [9.17, 15) is 14.7 Å². The molecule has 1 heterocycles. The van der Waals surface area contributed by atoms with Gasteiger partial charge in [0, 0.05) is 19.2 Å². The summed E-state index contributed by atoms with van der Waals surface area (Å²) in [6, 6.07) is 10.9. The molecule has 0 aromatic heterocycles. The Kier molecular flexibility index (Phi) is 6.64. The van der Waals surface area contributed by atoms with Gasteiger partial charge in [-0.25, -0.2) is 0 Å². The Balaban J connectivity index is 2.14. The van der Waals surface area contributed by atoms with Crippen molar-refractivity contribution in [2.45, 2.75) is 6.04 Å². The van der Waals surface area contributed by atoms with Gasteiger partial charge < -0.3 is 24.2 Å². The number of ether oxygens (including phenoxy) is 3. The lowest BCUT2D eigenvalue weighted by molar-refractivity contribution is -0.140. The van der Waals surface area contributed by atoms with Gasteiger partial charge in [0.05, 0.1) is 37.5 Å². The van der Waals surface area contributed by atoms with Gasteiger partial charge in [-0.1, -0.05) is 23.7 Å². The molecule has 0 bridgehead atoms. The van der Waals surface area contributed by atoms with Crippen molar-refractivity contribution < 1.29 is 28.9 Å². The lowest BCUT2D eigenvalue weighted by Crippen LogP contribution is -2.32. The van der Waals surface area contributed by atoms with Crippen molar-refractivity contribution in [2.24, 2.45) is 0 Å². The fraction of sp³-hybridized carbons (Fsp3) is 0.273. The van der Waals surface area contributed by atoms with E-state index in [2.05, 4.69) is 0 Å². The zero-order valence-corrected chi connectivity index (χ0v) is 17.6. The number of aliphatic hydroxyl groups is 1. The number of nitrogens with zero attached hydrogens (tertiary/aromatic N) is 1. The molecule has 1 N–H and O–H groups in total. The molecule has 8 heteroatoms. The van der Waals surface area contributed by atoms with Crippen molar-refractivity contribution in [2.75, 3.05) is 34.5 Å². The first kappa shape index (κ1) is 21.7. The lowest BCUT2D eigenvalue weighted by Gasteiger charge is -2.25. The first-order valence-electron chi connectivity index (χ1n) is 9.18. The largest absolute Gasteiger partial charge is 0.507 e. The Morgan fingerprint density at radius 1 is 1.07 bits per heavy atom. The maximum absolute atomic E-state index is 12.9. The maximum atomic E-state index is 12.9. The molecule has 3 rings (SSSR count). The van der Waals surface area contributed by atoms with Gasteiger partial charge in [-0.15, -0.1) is 0 Å². The summed E-state index contributed by atoms with van der Waals surface area (Å²) in [5.74, 6) is -0.709. The molecule has 0 aliphatic carbocycles. The zero-order valence-electron chi connectivity index (χ0n) is 16.8. The van der Waals surface area contributed by atoms with Gasteiger partial charge in [-0.2, -0.15) is 0 Å². The van der Waals surface area contributed by atoms with Crippen molar-refractivity contribution >= 4 is 29.1 Å². The van der Waals surface area contributed by atoms with E-state index in [-0.39, 0.29) is 29.5 Å². The summed E-state index contributed by atoms with van der Waals surface area (Å²) in [5.41, 5.74) is 0.957. The van der Waals surface area contributed by atoms with E-state index in [1.165, 1.54) is 25.2 Å². The minimum Gasteiger partial charge on any atom is -0.507 e. The van der Waals surface area contributed by atoms with Gasteiger partial charge in [0.2, 0.25) is 0 Å². The van der Waals surface area contributed by atoms with Crippen LogP contribution >= 0.6 is 11.6 Å². The maximum Gasteiger partial charge on any atom is 0.295 e. The normalized spacial score (nSPS) is 18.0. The Morgan fingerprint density at radius 3 is 2.33 bits per heavy atom. The van der Waals surface area contributed by atoms with E-state index < -0.39 is 17.7 Å². The number of hydrogen-bond acceptors (Lipinski definition) is 6. The van der Waals surface area contributed by atoms with E-state index in [0.717, 1.165) is 0 Å². The van der Waals surface area contributed by atoms with Crippen LogP contribution in [-0.2, 0) is 14.3 Å². The second kappa shape index (κ2) is 9.19. The van der Waals surface area contributed by atoms with Crippen molar-refractivity contribution in [3.8, 4) is 11.5 Å². The van der Waals surface area contributed by atoms with Crippen molar-refractivity contribution in [1.29, 1.82) is 0 Å². The second-order valence-electron chi connectivity index (χ2n) is 6.61. The summed E-state index contributed by atoms with van der Waals surface area (Å²) in [6.45, 7) is 0.437. The van der Waals surface area contributed by atoms with Crippen molar-refractivity contribution in [3.05, 3.63) is 64.2 Å². The van der Waals surface area contributed by atoms with Crippen LogP contribution in [0.5, 0.6) is 11.5 Å². The molecule has 1 atom stereocenters. The minimum atomic E-state index is -0.771. The van der Waals surface area contributed by atoms with Crippen LogP contribution in [0.3, 0.4) is 0 Å². The highest BCUT2D eigenvalue weighted by Crippen LogP contribution is 2.40. The molecule has 1 amide bonds. The zero-order chi connectivity index (χ0) is 21.8. The highest BCUT2D eigenvalue weighted by atomic mass is 35.5. The van der Waals surface area contributed by atoms with Gasteiger partial charge in [0.15, 0.2) is 0 Å². The summed E-state index contributed by atoms with van der Waals surface area (Å²) in [7, 11) is 4.54. The average Bonchev–Trinajstić information content (AvgIpc) is 3.01. The summed E-state index contributed by atoms with van der Waals surface area (Å²) < 4.78 is 15.4. The Hall–Kier alpha value is -3.03. The number of methoxy groups -OCH3 is 3. The van der Waals surface area contributed by atoms with E-state index in [0.29, 0.717) is 22.6 Å². The predicted octanol–water partition coefficient (Wildman–Crippen LogP) is 3.43. The molecule has 7 nitrogen and oxygen atoms in total. The van der Waals surface area contributed by atoms with E-state index in [4.69, 9.17) is 25.8 Å². The summed E-state index contributed by atoms with van der Waals surface area (Å²) in [6.07, 6.45) is 0. The molecule has 1 saturated heterocycles. The van der Waals surface area contributed by atoms with Crippen LogP contribution < -0.4 is 9.47 Å². The summed E-state index contributed by atoms with van der Waals surface area (Å²) in [4.78, 5) is 27.0. The van der Waals surface area contributed by atoms with Crippen LogP contribution in [0.4, 0.5) is 0 Å². The number of amides is 1. The first-order chi connectivity index (χ1) is 14.4. The highest BCUT2D eigenvalue weighted by molar-refractivity contribution is 6.46. The fourth-order valence-electron chi connectivity index (χ4n) is 3.40. The van der Waals surface area contributed by atoms with E-state index >= 15 is 0 Å². The molecule has 1 fully saturated rings. The van der Waals surface area contributed by atoms with Crippen LogP contribution in [0.1, 0.15) is 17.2 Å². The third-order valence-electron chi connectivity index (χ3n) is 4.93. The second-order valence-corrected chi connectivity index (χ2v) is 7.01. The van der Waals surface area contributed by atoms with Crippen molar-refractivity contribution in [3.63, 3.8) is 0 Å². The Labute approximate surface area is 179 Å². The Bertz CT molecular complexity index is 986. The molecular weight excluding hydrogens is 410 g/mol. The van der Waals surface area contributed by atoms with Crippen LogP contribution in [0, 0.1) is 0 Å². The van der Waals surface area contributed by atoms with E-state index in [1.54, 1.807) is 43.5 Å². The van der Waals surface area contributed by atoms with E-state index in [1.807, 2.05) is 0 Å². The third-order valence-corrected chi connectivity index (χ3v) is 5.23. The minimum absolute atomic E-state index is 0.0116. The SMILES string of the molecule is COCCN1C(=O)C(=O)/C(=C(\O)c2ccc(OC)c(Cl)c2)C1c1ccc(OC)cc1. The van der Waals surface area contributed by atoms with Gasteiger partial charge >= 0.3 is 0 Å². The van der Waals surface area contributed by atoms with Gasteiger partial charge in [-0.05, 0) is 35.9 Å². The topological polar surface area (TPSA) is 85.3 Å². The summed E-state index contributed by atoms with van der Waals surface area (Å²) >= 11 is 6.18. The molecule has 158 valence electrons. The number of ketones is 1. The number of Topliss-reactive ketones (excluding diaryl/α,β-unsaturated/α-hetero) is 1. The Morgan fingerprint density at radius 2 is 1.77 bits per heavy atom.